The number of rotatable bonds is 2. The number of nitrogens with zero attached hydrogens (tertiary/aromatic N) is 1. The molecule has 0 fully saturated rings. The molecule has 3 N–H and O–H groups in total. The molecule has 1 aromatic heterocycles. The quantitative estimate of drug-likeness (QED) is 0.742. The maximum Gasteiger partial charge on any atom is 0.231 e. The van der Waals surface area contributed by atoms with Gasteiger partial charge in [-0.1, -0.05) is 0 Å². The van der Waals surface area contributed by atoms with Crippen molar-refractivity contribution < 1.29 is 24.6 Å². The molecule has 0 saturated carbocycles. The van der Waals surface area contributed by atoms with Crippen molar-refractivity contribution in [3.05, 3.63) is 65.5 Å². The van der Waals surface area contributed by atoms with Gasteiger partial charge >= 0.3 is 0 Å². The van der Waals surface area contributed by atoms with Gasteiger partial charge in [0.05, 0.1) is 12.8 Å². The Hall–Kier alpha value is -3.12. The van der Waals surface area contributed by atoms with E-state index >= 15 is 0 Å². The number of hydrogen-bond donors (Lipinski definition) is 2. The largest absolute Gasteiger partial charge is 0.504 e. The van der Waals surface area contributed by atoms with E-state index in [1.807, 2.05) is 24.3 Å². The van der Waals surface area contributed by atoms with E-state index in [1.165, 1.54) is 5.56 Å². The van der Waals surface area contributed by atoms with Crippen LogP contribution in [0.15, 0.2) is 48.7 Å². The van der Waals surface area contributed by atoms with E-state index in [4.69, 9.17) is 14.2 Å². The van der Waals surface area contributed by atoms with Gasteiger partial charge in [-0.05, 0) is 42.5 Å². The summed E-state index contributed by atoms with van der Waals surface area (Å²) in [6.45, 7) is 1.06. The van der Waals surface area contributed by atoms with Crippen molar-refractivity contribution in [1.29, 1.82) is 0 Å². The van der Waals surface area contributed by atoms with Gasteiger partial charge in [0.25, 0.3) is 0 Å². The number of quaternary nitrogens is 1. The second kappa shape index (κ2) is 5.71. The molecule has 26 heavy (non-hydrogen) atoms. The molecule has 0 radical (unpaired) electrons. The molecule has 1 unspecified atom stereocenters. The van der Waals surface area contributed by atoms with Crippen LogP contribution in [-0.2, 0) is 6.54 Å². The van der Waals surface area contributed by atoms with Crippen molar-refractivity contribution in [2.24, 2.45) is 0 Å². The first kappa shape index (κ1) is 15.2. The summed E-state index contributed by atoms with van der Waals surface area (Å²) in [7, 11) is 1.56. The lowest BCUT2D eigenvalue weighted by molar-refractivity contribution is -0.702. The highest BCUT2D eigenvalue weighted by molar-refractivity contribution is 5.62. The molecule has 0 bridgehead atoms. The van der Waals surface area contributed by atoms with Crippen LogP contribution in [0.4, 0.5) is 0 Å². The van der Waals surface area contributed by atoms with E-state index in [0.717, 1.165) is 35.0 Å². The molecule has 2 aliphatic rings. The third kappa shape index (κ3) is 2.16. The number of benzene rings is 2. The number of phenols is 1. The summed E-state index contributed by atoms with van der Waals surface area (Å²) in [5, 5.41) is 12.2. The molecular weight excluding hydrogens is 332 g/mol. The van der Waals surface area contributed by atoms with E-state index in [2.05, 4.69) is 28.2 Å². The Morgan fingerprint density at radius 3 is 3.00 bits per heavy atom. The van der Waals surface area contributed by atoms with Gasteiger partial charge in [-0.3, -0.25) is 0 Å². The fourth-order valence-corrected chi connectivity index (χ4v) is 3.84. The van der Waals surface area contributed by atoms with E-state index in [9.17, 15) is 5.11 Å². The number of hydrogen-bond acceptors (Lipinski definition) is 4. The first-order valence-corrected chi connectivity index (χ1v) is 8.55. The van der Waals surface area contributed by atoms with Crippen LogP contribution in [0.1, 0.15) is 22.9 Å². The summed E-state index contributed by atoms with van der Waals surface area (Å²) >= 11 is 0. The van der Waals surface area contributed by atoms with Crippen molar-refractivity contribution in [2.45, 2.75) is 12.6 Å². The Morgan fingerprint density at radius 2 is 2.12 bits per heavy atom. The highest BCUT2D eigenvalue weighted by atomic mass is 16.7. The minimum absolute atomic E-state index is 0.0740. The minimum atomic E-state index is 0.0740. The van der Waals surface area contributed by atoms with Crippen molar-refractivity contribution in [3.8, 4) is 28.7 Å². The minimum Gasteiger partial charge on any atom is -0.504 e. The second-order valence-corrected chi connectivity index (χ2v) is 6.46. The SMILES string of the molecule is COc1cc(C2[NH2+]Cc3ccc4c(c3-n3cccc32)OCO4)ccc1O. The van der Waals surface area contributed by atoms with Crippen LogP contribution in [0.3, 0.4) is 0 Å². The molecule has 0 aliphatic carbocycles. The fourth-order valence-electron chi connectivity index (χ4n) is 3.84. The van der Waals surface area contributed by atoms with Crippen LogP contribution in [0.2, 0.25) is 0 Å². The summed E-state index contributed by atoms with van der Waals surface area (Å²) in [4.78, 5) is 0. The molecule has 3 heterocycles. The average Bonchev–Trinajstić information content (AvgIpc) is 3.30. The fraction of sp³-hybridized carbons (Fsp3) is 0.200. The van der Waals surface area contributed by atoms with Crippen LogP contribution < -0.4 is 19.5 Å². The number of methoxy groups -OCH3 is 1. The zero-order valence-electron chi connectivity index (χ0n) is 14.3. The lowest BCUT2D eigenvalue weighted by atomic mass is 10.0. The Kier molecular flexibility index (Phi) is 3.33. The summed E-state index contributed by atoms with van der Waals surface area (Å²) in [5.41, 5.74) is 4.45. The lowest BCUT2D eigenvalue weighted by Crippen LogP contribution is -2.83. The van der Waals surface area contributed by atoms with Gasteiger partial charge in [-0.25, -0.2) is 0 Å². The highest BCUT2D eigenvalue weighted by Gasteiger charge is 2.31. The third-order valence-corrected chi connectivity index (χ3v) is 5.07. The molecule has 0 saturated heterocycles. The highest BCUT2D eigenvalue weighted by Crippen LogP contribution is 2.42. The summed E-state index contributed by atoms with van der Waals surface area (Å²) in [6, 6.07) is 13.8. The first-order chi connectivity index (χ1) is 12.8. The van der Waals surface area contributed by atoms with Gasteiger partial charge in [-0.15, -0.1) is 0 Å². The smallest absolute Gasteiger partial charge is 0.231 e. The van der Waals surface area contributed by atoms with Crippen molar-refractivity contribution in [1.82, 2.24) is 4.57 Å². The number of fused-ring (bicyclic) bond motifs is 5. The number of aromatic nitrogens is 1. The van der Waals surface area contributed by atoms with Gasteiger partial charge in [0.2, 0.25) is 6.79 Å². The van der Waals surface area contributed by atoms with E-state index in [0.29, 0.717) is 5.75 Å². The molecule has 6 nitrogen and oxygen atoms in total. The van der Waals surface area contributed by atoms with Crippen LogP contribution in [0.25, 0.3) is 5.69 Å². The van der Waals surface area contributed by atoms with Crippen molar-refractivity contribution in [3.63, 3.8) is 0 Å². The zero-order chi connectivity index (χ0) is 17.7. The Bertz CT molecular complexity index is 995. The van der Waals surface area contributed by atoms with Gasteiger partial charge in [0, 0.05) is 17.3 Å². The first-order valence-electron chi connectivity index (χ1n) is 8.55. The third-order valence-electron chi connectivity index (χ3n) is 5.07. The summed E-state index contributed by atoms with van der Waals surface area (Å²) in [5.74, 6) is 2.21. The Labute approximate surface area is 150 Å². The number of phenolic OH excluding ortho intramolecular Hbond substituents is 1. The maximum atomic E-state index is 9.92. The molecule has 2 aromatic carbocycles. The molecule has 0 amide bonds. The average molecular weight is 351 g/mol. The molecule has 132 valence electrons. The number of aromatic hydroxyl groups is 1. The number of nitrogens with two attached hydrogens (primary N) is 1. The topological polar surface area (TPSA) is 69.5 Å². The second-order valence-electron chi connectivity index (χ2n) is 6.46. The van der Waals surface area contributed by atoms with Gasteiger partial charge in [0.15, 0.2) is 29.0 Å². The molecule has 0 spiro atoms. The van der Waals surface area contributed by atoms with E-state index in [1.54, 1.807) is 13.2 Å². The van der Waals surface area contributed by atoms with Gasteiger partial charge < -0.3 is 29.2 Å². The van der Waals surface area contributed by atoms with Crippen LogP contribution in [0.5, 0.6) is 23.0 Å². The van der Waals surface area contributed by atoms with E-state index < -0.39 is 0 Å². The van der Waals surface area contributed by atoms with Gasteiger partial charge in [-0.2, -0.15) is 0 Å². The monoisotopic (exact) mass is 351 g/mol. The summed E-state index contributed by atoms with van der Waals surface area (Å²) < 4.78 is 18.8. The molecule has 1 atom stereocenters. The van der Waals surface area contributed by atoms with Crippen LogP contribution >= 0.6 is 0 Å². The molecular formula is C20H19N2O4+. The predicted octanol–water partition coefficient (Wildman–Crippen LogP) is 2.09. The van der Waals surface area contributed by atoms with E-state index in [-0.39, 0.29) is 18.6 Å². The van der Waals surface area contributed by atoms with Crippen molar-refractivity contribution in [2.75, 3.05) is 13.9 Å². The Balaban J connectivity index is 1.67. The van der Waals surface area contributed by atoms with Gasteiger partial charge in [0.1, 0.15) is 12.2 Å². The number of ether oxygens (including phenoxy) is 3. The van der Waals surface area contributed by atoms with Crippen LogP contribution in [0, 0.1) is 0 Å². The predicted molar refractivity (Wildman–Crippen MR) is 94.0 cm³/mol. The molecule has 6 heteroatoms. The molecule has 2 aliphatic heterocycles. The molecule has 3 aromatic rings. The summed E-state index contributed by atoms with van der Waals surface area (Å²) in [6.07, 6.45) is 2.06. The maximum absolute atomic E-state index is 9.92. The van der Waals surface area contributed by atoms with Crippen LogP contribution in [-0.4, -0.2) is 23.6 Å². The van der Waals surface area contributed by atoms with Crippen molar-refractivity contribution >= 4 is 0 Å². The zero-order valence-corrected chi connectivity index (χ0v) is 14.3. The normalized spacial score (nSPS) is 17.3. The lowest BCUT2D eigenvalue weighted by Gasteiger charge is -2.16. The Morgan fingerprint density at radius 1 is 1.19 bits per heavy atom. The molecule has 5 rings (SSSR count). The standard InChI is InChI=1S/C20H18N2O4/c1-24-17-9-12(4-6-15(17)23)18-14-3-2-8-22(14)19-13(10-21-18)5-7-16-20(19)26-11-25-16/h2-9,18,21,23H,10-11H2,1H3/p+1.